The number of carbonyl (C=O) groups excluding carboxylic acids is 1. The van der Waals surface area contributed by atoms with E-state index in [4.69, 9.17) is 0 Å². The molecule has 1 aliphatic rings. The number of aromatic nitrogens is 4. The van der Waals surface area contributed by atoms with Crippen LogP contribution in [-0.4, -0.2) is 31.4 Å². The van der Waals surface area contributed by atoms with E-state index in [1.54, 1.807) is 0 Å². The molecule has 1 aromatic heterocycles. The zero-order valence-electron chi connectivity index (χ0n) is 15.0. The van der Waals surface area contributed by atoms with Crippen LogP contribution in [0.25, 0.3) is 0 Å². The van der Waals surface area contributed by atoms with Crippen LogP contribution in [0.15, 0.2) is 65.8 Å². The molecular formula is C20H21N5OS. The van der Waals surface area contributed by atoms with Crippen molar-refractivity contribution in [2.75, 3.05) is 0 Å². The molecule has 0 spiro atoms. The average Bonchev–Trinajstić information content (AvgIpc) is 3.46. The minimum atomic E-state index is -0.302. The highest BCUT2D eigenvalue weighted by Gasteiger charge is 2.30. The standard InChI is InChI=1S/C20H21N5OS/c1-14(27-20-22-23-24-25(20)17-12-13-17)19(26)21-18(15-8-4-2-5-9-15)16-10-6-3-7-11-16/h2-11,14,17-18H,12-13H2,1H3,(H,21,26)/t14-/m1/s1. The van der Waals surface area contributed by atoms with Crippen molar-refractivity contribution in [1.82, 2.24) is 25.5 Å². The Bertz CT molecular complexity index is 856. The predicted octanol–water partition coefficient (Wildman–Crippen LogP) is 3.39. The fourth-order valence-electron chi connectivity index (χ4n) is 2.93. The number of hydrogen-bond acceptors (Lipinski definition) is 5. The zero-order chi connectivity index (χ0) is 18.6. The number of tetrazole rings is 1. The monoisotopic (exact) mass is 379 g/mol. The summed E-state index contributed by atoms with van der Waals surface area (Å²) in [5.41, 5.74) is 2.11. The summed E-state index contributed by atoms with van der Waals surface area (Å²) >= 11 is 1.40. The topological polar surface area (TPSA) is 72.7 Å². The molecule has 7 heteroatoms. The Morgan fingerprint density at radius 1 is 1.07 bits per heavy atom. The number of amides is 1. The molecule has 138 valence electrons. The highest BCUT2D eigenvalue weighted by Crippen LogP contribution is 2.37. The van der Waals surface area contributed by atoms with E-state index in [-0.39, 0.29) is 17.2 Å². The number of benzene rings is 2. The van der Waals surface area contributed by atoms with Gasteiger partial charge >= 0.3 is 0 Å². The molecule has 1 fully saturated rings. The number of rotatable bonds is 7. The SMILES string of the molecule is C[C@@H](Sc1nnnn1C1CC1)C(=O)NC(c1ccccc1)c1ccccc1. The van der Waals surface area contributed by atoms with Gasteiger partial charge in [0.2, 0.25) is 11.1 Å². The van der Waals surface area contributed by atoms with Gasteiger partial charge in [0.15, 0.2) is 0 Å². The molecule has 6 nitrogen and oxygen atoms in total. The van der Waals surface area contributed by atoms with Crippen LogP contribution in [0.5, 0.6) is 0 Å². The van der Waals surface area contributed by atoms with Gasteiger partial charge in [-0.3, -0.25) is 4.79 Å². The second kappa shape index (κ2) is 7.92. The van der Waals surface area contributed by atoms with Crippen molar-refractivity contribution < 1.29 is 4.79 Å². The maximum Gasteiger partial charge on any atom is 0.234 e. The third kappa shape index (κ3) is 4.19. The lowest BCUT2D eigenvalue weighted by atomic mass is 9.98. The lowest BCUT2D eigenvalue weighted by Gasteiger charge is -2.22. The van der Waals surface area contributed by atoms with Crippen LogP contribution in [0.2, 0.25) is 0 Å². The summed E-state index contributed by atoms with van der Waals surface area (Å²) in [5.74, 6) is -0.0388. The predicted molar refractivity (Wildman–Crippen MR) is 104 cm³/mol. The summed E-state index contributed by atoms with van der Waals surface area (Å²) in [7, 11) is 0. The molecule has 27 heavy (non-hydrogen) atoms. The molecule has 1 heterocycles. The van der Waals surface area contributed by atoms with Gasteiger partial charge in [-0.15, -0.1) is 5.10 Å². The highest BCUT2D eigenvalue weighted by atomic mass is 32.2. The largest absolute Gasteiger partial charge is 0.344 e. The summed E-state index contributed by atoms with van der Waals surface area (Å²) < 4.78 is 1.83. The van der Waals surface area contributed by atoms with Crippen molar-refractivity contribution in [1.29, 1.82) is 0 Å². The second-order valence-corrected chi connectivity index (χ2v) is 7.97. The summed E-state index contributed by atoms with van der Waals surface area (Å²) in [6.07, 6.45) is 2.20. The molecule has 2 aromatic carbocycles. The van der Waals surface area contributed by atoms with Gasteiger partial charge in [0, 0.05) is 0 Å². The lowest BCUT2D eigenvalue weighted by Crippen LogP contribution is -2.35. The van der Waals surface area contributed by atoms with Crippen molar-refractivity contribution in [3.8, 4) is 0 Å². The molecule has 4 rings (SSSR count). The molecule has 1 amide bonds. The van der Waals surface area contributed by atoms with Crippen molar-refractivity contribution in [3.63, 3.8) is 0 Å². The van der Waals surface area contributed by atoms with Gasteiger partial charge < -0.3 is 5.32 Å². The fourth-order valence-corrected chi connectivity index (χ4v) is 3.80. The smallest absolute Gasteiger partial charge is 0.234 e. The molecular weight excluding hydrogens is 358 g/mol. The van der Waals surface area contributed by atoms with E-state index in [9.17, 15) is 4.79 Å². The number of nitrogens with zero attached hydrogens (tertiary/aromatic N) is 4. The fraction of sp³-hybridized carbons (Fsp3) is 0.300. The van der Waals surface area contributed by atoms with Gasteiger partial charge in [-0.05, 0) is 41.3 Å². The van der Waals surface area contributed by atoms with Crippen LogP contribution in [-0.2, 0) is 4.79 Å². The number of carbonyl (C=O) groups is 1. The minimum Gasteiger partial charge on any atom is -0.344 e. The minimum absolute atomic E-state index is 0.0388. The second-order valence-electron chi connectivity index (χ2n) is 6.66. The maximum absolute atomic E-state index is 12.9. The normalized spacial score (nSPS) is 14.9. The van der Waals surface area contributed by atoms with Crippen molar-refractivity contribution in [2.24, 2.45) is 0 Å². The van der Waals surface area contributed by atoms with Crippen molar-refractivity contribution in [3.05, 3.63) is 71.8 Å². The lowest BCUT2D eigenvalue weighted by molar-refractivity contribution is -0.120. The molecule has 0 saturated heterocycles. The first-order valence-electron chi connectivity index (χ1n) is 9.07. The average molecular weight is 379 g/mol. The van der Waals surface area contributed by atoms with E-state index in [0.29, 0.717) is 11.2 Å². The summed E-state index contributed by atoms with van der Waals surface area (Å²) in [6.45, 7) is 1.89. The van der Waals surface area contributed by atoms with Gasteiger partial charge in [0.05, 0.1) is 17.3 Å². The Labute approximate surface area is 162 Å². The summed E-state index contributed by atoms with van der Waals surface area (Å²) in [4.78, 5) is 12.9. The Morgan fingerprint density at radius 2 is 1.67 bits per heavy atom. The Morgan fingerprint density at radius 3 is 2.22 bits per heavy atom. The van der Waals surface area contributed by atoms with E-state index in [0.717, 1.165) is 24.0 Å². The van der Waals surface area contributed by atoms with Gasteiger partial charge in [-0.2, -0.15) is 0 Å². The molecule has 3 aromatic rings. The number of hydrogen-bond donors (Lipinski definition) is 1. The summed E-state index contributed by atoms with van der Waals surface area (Å²) in [5, 5.41) is 15.5. The van der Waals surface area contributed by atoms with Gasteiger partial charge in [-0.1, -0.05) is 72.4 Å². The molecule has 0 unspecified atom stereocenters. The van der Waals surface area contributed by atoms with E-state index < -0.39 is 0 Å². The van der Waals surface area contributed by atoms with Gasteiger partial charge in [0.1, 0.15) is 0 Å². The van der Waals surface area contributed by atoms with Crippen molar-refractivity contribution >= 4 is 17.7 Å². The highest BCUT2D eigenvalue weighted by molar-refractivity contribution is 8.00. The first-order chi connectivity index (χ1) is 13.2. The third-order valence-corrected chi connectivity index (χ3v) is 5.61. The zero-order valence-corrected chi connectivity index (χ0v) is 15.8. The molecule has 1 N–H and O–H groups in total. The molecule has 1 saturated carbocycles. The van der Waals surface area contributed by atoms with Crippen LogP contribution >= 0.6 is 11.8 Å². The van der Waals surface area contributed by atoms with Crippen LogP contribution in [0.1, 0.15) is 43.0 Å². The molecule has 1 atom stereocenters. The van der Waals surface area contributed by atoms with Crippen LogP contribution in [0, 0.1) is 0 Å². The molecule has 0 radical (unpaired) electrons. The van der Waals surface area contributed by atoms with E-state index >= 15 is 0 Å². The van der Waals surface area contributed by atoms with Crippen molar-refractivity contribution in [2.45, 2.75) is 42.3 Å². The third-order valence-electron chi connectivity index (χ3n) is 4.56. The maximum atomic E-state index is 12.9. The van der Waals surface area contributed by atoms with E-state index in [1.165, 1.54) is 11.8 Å². The first-order valence-corrected chi connectivity index (χ1v) is 9.95. The summed E-state index contributed by atoms with van der Waals surface area (Å²) in [6, 6.07) is 20.2. The Hall–Kier alpha value is -2.67. The van der Waals surface area contributed by atoms with Gasteiger partial charge in [0.25, 0.3) is 0 Å². The van der Waals surface area contributed by atoms with E-state index in [1.807, 2.05) is 72.3 Å². The number of thioether (sulfide) groups is 1. The molecule has 1 aliphatic carbocycles. The molecule has 0 aliphatic heterocycles. The number of nitrogens with one attached hydrogen (secondary N) is 1. The quantitative estimate of drug-likeness (QED) is 0.637. The van der Waals surface area contributed by atoms with E-state index in [2.05, 4.69) is 20.8 Å². The van der Waals surface area contributed by atoms with Crippen LogP contribution < -0.4 is 5.32 Å². The van der Waals surface area contributed by atoms with Crippen LogP contribution in [0.4, 0.5) is 0 Å². The van der Waals surface area contributed by atoms with Crippen LogP contribution in [0.3, 0.4) is 0 Å². The first kappa shape index (κ1) is 17.7. The Kier molecular flexibility index (Phi) is 5.20. The Balaban J connectivity index is 1.50. The van der Waals surface area contributed by atoms with Gasteiger partial charge in [-0.25, -0.2) is 4.68 Å². The molecule has 0 bridgehead atoms.